The SMILES string of the molecule is CCC(C)(C)C(=O)N1C(C)CC2CNCC21. The fourth-order valence-corrected chi connectivity index (χ4v) is 3.02. The Morgan fingerprint density at radius 3 is 2.75 bits per heavy atom. The van der Waals surface area contributed by atoms with Gasteiger partial charge in [-0.2, -0.15) is 0 Å². The summed E-state index contributed by atoms with van der Waals surface area (Å²) in [6, 6.07) is 0.878. The highest BCUT2D eigenvalue weighted by molar-refractivity contribution is 5.83. The Kier molecular flexibility index (Phi) is 2.99. The molecule has 3 nitrogen and oxygen atoms in total. The average Bonchev–Trinajstić information content (AvgIpc) is 2.76. The second kappa shape index (κ2) is 4.02. The van der Waals surface area contributed by atoms with Gasteiger partial charge in [0.05, 0.1) is 0 Å². The number of nitrogens with zero attached hydrogens (tertiary/aromatic N) is 1. The van der Waals surface area contributed by atoms with Crippen molar-refractivity contribution in [3.8, 4) is 0 Å². The molecule has 3 atom stereocenters. The van der Waals surface area contributed by atoms with Gasteiger partial charge in [-0.25, -0.2) is 0 Å². The minimum absolute atomic E-state index is 0.203. The summed E-state index contributed by atoms with van der Waals surface area (Å²) in [4.78, 5) is 14.7. The third kappa shape index (κ3) is 1.75. The van der Waals surface area contributed by atoms with E-state index in [0.29, 0.717) is 23.9 Å². The van der Waals surface area contributed by atoms with Crippen molar-refractivity contribution in [1.29, 1.82) is 0 Å². The third-order valence-electron chi connectivity index (χ3n) is 4.48. The maximum Gasteiger partial charge on any atom is 0.228 e. The Bertz CT molecular complexity index is 288. The lowest BCUT2D eigenvalue weighted by molar-refractivity contribution is -0.143. The van der Waals surface area contributed by atoms with Gasteiger partial charge < -0.3 is 10.2 Å². The molecule has 2 saturated heterocycles. The van der Waals surface area contributed by atoms with E-state index in [1.807, 2.05) is 0 Å². The zero-order valence-electron chi connectivity index (χ0n) is 10.9. The predicted octanol–water partition coefficient (Wildman–Crippen LogP) is 1.63. The molecule has 0 saturated carbocycles. The maximum absolute atomic E-state index is 12.5. The van der Waals surface area contributed by atoms with E-state index in [1.54, 1.807) is 0 Å². The number of amides is 1. The normalized spacial score (nSPS) is 34.2. The maximum atomic E-state index is 12.5. The van der Waals surface area contributed by atoms with Gasteiger partial charge in [0.1, 0.15) is 0 Å². The molecule has 0 aliphatic carbocycles. The molecular weight excluding hydrogens is 200 g/mol. The first-order chi connectivity index (χ1) is 7.47. The quantitative estimate of drug-likeness (QED) is 0.773. The lowest BCUT2D eigenvalue weighted by Crippen LogP contribution is -2.48. The summed E-state index contributed by atoms with van der Waals surface area (Å²) >= 11 is 0. The van der Waals surface area contributed by atoms with Crippen LogP contribution in [0.4, 0.5) is 0 Å². The Morgan fingerprint density at radius 1 is 1.44 bits per heavy atom. The molecule has 92 valence electrons. The van der Waals surface area contributed by atoms with Crippen LogP contribution in [0.25, 0.3) is 0 Å². The standard InChI is InChI=1S/C13H24N2O/c1-5-13(3,4)12(16)15-9(2)6-10-7-14-8-11(10)15/h9-11,14H,5-8H2,1-4H3. The molecule has 0 aromatic heterocycles. The molecule has 2 aliphatic rings. The molecule has 0 spiro atoms. The van der Waals surface area contributed by atoms with Gasteiger partial charge in [0, 0.05) is 30.6 Å². The fourth-order valence-electron chi connectivity index (χ4n) is 3.02. The van der Waals surface area contributed by atoms with E-state index >= 15 is 0 Å². The van der Waals surface area contributed by atoms with E-state index < -0.39 is 0 Å². The highest BCUT2D eigenvalue weighted by atomic mass is 16.2. The molecule has 0 aromatic rings. The van der Waals surface area contributed by atoms with Crippen molar-refractivity contribution in [2.45, 2.75) is 52.6 Å². The summed E-state index contributed by atoms with van der Waals surface area (Å²) < 4.78 is 0. The number of hydrogen-bond donors (Lipinski definition) is 1. The molecule has 1 amide bonds. The first-order valence-corrected chi connectivity index (χ1v) is 6.51. The summed E-state index contributed by atoms with van der Waals surface area (Å²) in [5.41, 5.74) is -0.203. The number of carbonyl (C=O) groups is 1. The number of likely N-dealkylation sites (tertiary alicyclic amines) is 1. The Labute approximate surface area is 98.6 Å². The largest absolute Gasteiger partial charge is 0.335 e. The zero-order valence-corrected chi connectivity index (χ0v) is 10.9. The van der Waals surface area contributed by atoms with Crippen LogP contribution in [0.15, 0.2) is 0 Å². The minimum Gasteiger partial charge on any atom is -0.335 e. The van der Waals surface area contributed by atoms with Crippen LogP contribution in [0, 0.1) is 11.3 Å². The summed E-state index contributed by atoms with van der Waals surface area (Å²) in [5, 5.41) is 3.41. The summed E-state index contributed by atoms with van der Waals surface area (Å²) in [6.45, 7) is 10.5. The van der Waals surface area contributed by atoms with Crippen LogP contribution in [0.5, 0.6) is 0 Å². The third-order valence-corrected chi connectivity index (χ3v) is 4.48. The first-order valence-electron chi connectivity index (χ1n) is 6.51. The summed E-state index contributed by atoms with van der Waals surface area (Å²) in [5.74, 6) is 1.03. The second-order valence-corrected chi connectivity index (χ2v) is 6.02. The molecule has 2 fully saturated rings. The molecule has 0 aromatic carbocycles. The van der Waals surface area contributed by atoms with Gasteiger partial charge in [-0.05, 0) is 25.7 Å². The van der Waals surface area contributed by atoms with Crippen molar-refractivity contribution < 1.29 is 4.79 Å². The van der Waals surface area contributed by atoms with Gasteiger partial charge in [-0.1, -0.05) is 20.8 Å². The van der Waals surface area contributed by atoms with Crippen LogP contribution in [0.2, 0.25) is 0 Å². The van der Waals surface area contributed by atoms with E-state index in [2.05, 4.69) is 37.9 Å². The molecule has 3 unspecified atom stereocenters. The lowest BCUT2D eigenvalue weighted by Gasteiger charge is -2.35. The van der Waals surface area contributed by atoms with Gasteiger partial charge in [-0.3, -0.25) is 4.79 Å². The molecule has 1 N–H and O–H groups in total. The summed E-state index contributed by atoms with van der Waals surface area (Å²) in [6.07, 6.45) is 2.09. The molecule has 16 heavy (non-hydrogen) atoms. The van der Waals surface area contributed by atoms with Crippen LogP contribution < -0.4 is 5.32 Å². The van der Waals surface area contributed by atoms with E-state index in [9.17, 15) is 4.79 Å². The Morgan fingerprint density at radius 2 is 2.12 bits per heavy atom. The van der Waals surface area contributed by atoms with Gasteiger partial charge >= 0.3 is 0 Å². The van der Waals surface area contributed by atoms with E-state index in [0.717, 1.165) is 19.5 Å². The van der Waals surface area contributed by atoms with Gasteiger partial charge in [0.2, 0.25) is 5.91 Å². The number of rotatable bonds is 2. The highest BCUT2D eigenvalue weighted by Crippen LogP contribution is 2.36. The van der Waals surface area contributed by atoms with Crippen molar-refractivity contribution in [2.75, 3.05) is 13.1 Å². The highest BCUT2D eigenvalue weighted by Gasteiger charge is 2.46. The fraction of sp³-hybridized carbons (Fsp3) is 0.923. The second-order valence-electron chi connectivity index (χ2n) is 6.02. The van der Waals surface area contributed by atoms with Crippen LogP contribution in [0.1, 0.15) is 40.5 Å². The molecule has 2 heterocycles. The number of carbonyl (C=O) groups excluding carboxylic acids is 1. The van der Waals surface area contributed by atoms with Gasteiger partial charge in [0.15, 0.2) is 0 Å². The summed E-state index contributed by atoms with van der Waals surface area (Å²) in [7, 11) is 0. The zero-order chi connectivity index (χ0) is 11.9. The first kappa shape index (κ1) is 11.9. The molecular formula is C13H24N2O. The van der Waals surface area contributed by atoms with Crippen molar-refractivity contribution in [2.24, 2.45) is 11.3 Å². The van der Waals surface area contributed by atoms with E-state index in [-0.39, 0.29) is 5.41 Å². The predicted molar refractivity (Wildman–Crippen MR) is 65.1 cm³/mol. The molecule has 2 aliphatic heterocycles. The minimum atomic E-state index is -0.203. The van der Waals surface area contributed by atoms with Crippen LogP contribution in [-0.2, 0) is 4.79 Å². The van der Waals surface area contributed by atoms with Gasteiger partial charge in [0.25, 0.3) is 0 Å². The molecule has 0 bridgehead atoms. The van der Waals surface area contributed by atoms with Crippen molar-refractivity contribution in [3.63, 3.8) is 0 Å². The number of fused-ring (bicyclic) bond motifs is 1. The number of nitrogens with one attached hydrogen (secondary N) is 1. The van der Waals surface area contributed by atoms with Crippen LogP contribution in [-0.4, -0.2) is 36.0 Å². The topological polar surface area (TPSA) is 32.3 Å². The molecule has 3 heteroatoms. The lowest BCUT2D eigenvalue weighted by atomic mass is 9.88. The molecule has 2 rings (SSSR count). The van der Waals surface area contributed by atoms with E-state index in [1.165, 1.54) is 6.42 Å². The Balaban J connectivity index is 2.17. The van der Waals surface area contributed by atoms with Crippen molar-refractivity contribution >= 4 is 5.91 Å². The van der Waals surface area contributed by atoms with Crippen molar-refractivity contribution in [1.82, 2.24) is 10.2 Å². The van der Waals surface area contributed by atoms with Crippen LogP contribution in [0.3, 0.4) is 0 Å². The van der Waals surface area contributed by atoms with E-state index in [4.69, 9.17) is 0 Å². The van der Waals surface area contributed by atoms with Crippen molar-refractivity contribution in [3.05, 3.63) is 0 Å². The number of hydrogen-bond acceptors (Lipinski definition) is 2. The Hall–Kier alpha value is -0.570. The average molecular weight is 224 g/mol. The monoisotopic (exact) mass is 224 g/mol. The smallest absolute Gasteiger partial charge is 0.228 e. The van der Waals surface area contributed by atoms with Gasteiger partial charge in [-0.15, -0.1) is 0 Å². The molecule has 0 radical (unpaired) electrons. The van der Waals surface area contributed by atoms with Crippen LogP contribution >= 0.6 is 0 Å².